The SMILES string of the molecule is CCOc1cc(-c2cc(-c3ccccn3)nc(-c3ccccn3)c2)ccc1O. The minimum absolute atomic E-state index is 0.120. The van der Waals surface area contributed by atoms with Gasteiger partial charge in [0.2, 0.25) is 0 Å². The second-order valence-corrected chi connectivity index (χ2v) is 6.17. The fraction of sp³-hybridized carbons (Fsp3) is 0.0870. The first-order chi connectivity index (χ1) is 13.7. The van der Waals surface area contributed by atoms with Crippen LogP contribution in [0, 0.1) is 0 Å². The summed E-state index contributed by atoms with van der Waals surface area (Å²) in [7, 11) is 0. The van der Waals surface area contributed by atoms with Crippen LogP contribution in [-0.4, -0.2) is 26.7 Å². The average molecular weight is 369 g/mol. The van der Waals surface area contributed by atoms with Crippen LogP contribution in [0.5, 0.6) is 11.5 Å². The van der Waals surface area contributed by atoms with Crippen molar-refractivity contribution in [3.8, 4) is 45.4 Å². The van der Waals surface area contributed by atoms with Crippen molar-refractivity contribution in [2.45, 2.75) is 6.92 Å². The van der Waals surface area contributed by atoms with Crippen LogP contribution in [0.25, 0.3) is 33.9 Å². The molecule has 28 heavy (non-hydrogen) atoms. The van der Waals surface area contributed by atoms with Gasteiger partial charge in [0.05, 0.1) is 29.4 Å². The number of aromatic nitrogens is 3. The van der Waals surface area contributed by atoms with Gasteiger partial charge in [0.1, 0.15) is 0 Å². The van der Waals surface area contributed by atoms with Gasteiger partial charge in [-0.1, -0.05) is 18.2 Å². The molecule has 0 aliphatic heterocycles. The number of phenols is 1. The highest BCUT2D eigenvalue weighted by Gasteiger charge is 2.12. The van der Waals surface area contributed by atoms with Crippen molar-refractivity contribution in [3.63, 3.8) is 0 Å². The van der Waals surface area contributed by atoms with Gasteiger partial charge in [-0.25, -0.2) is 4.98 Å². The molecule has 3 aromatic heterocycles. The number of nitrogens with zero attached hydrogens (tertiary/aromatic N) is 3. The molecule has 0 spiro atoms. The molecule has 0 amide bonds. The molecule has 3 heterocycles. The zero-order valence-corrected chi connectivity index (χ0v) is 15.4. The molecule has 4 aromatic rings. The Hall–Kier alpha value is -3.73. The van der Waals surface area contributed by atoms with E-state index in [4.69, 9.17) is 9.72 Å². The van der Waals surface area contributed by atoms with Gasteiger partial charge >= 0.3 is 0 Å². The minimum Gasteiger partial charge on any atom is -0.504 e. The molecule has 0 unspecified atom stereocenters. The highest BCUT2D eigenvalue weighted by molar-refractivity contribution is 5.76. The molecule has 1 aromatic carbocycles. The standard InChI is InChI=1S/C23H19N3O2/c1-2-28-23-15-16(9-10-22(23)27)17-13-20(18-7-3-5-11-24-18)26-21(14-17)19-8-4-6-12-25-19/h3-15,27H,2H2,1H3. The van der Waals surface area contributed by atoms with Crippen molar-refractivity contribution >= 4 is 0 Å². The zero-order valence-electron chi connectivity index (χ0n) is 15.4. The Labute approximate surface area is 163 Å². The first-order valence-electron chi connectivity index (χ1n) is 9.05. The molecule has 0 bridgehead atoms. The topological polar surface area (TPSA) is 68.1 Å². The summed E-state index contributed by atoms with van der Waals surface area (Å²) in [6.07, 6.45) is 3.50. The van der Waals surface area contributed by atoms with Gasteiger partial charge in [0.25, 0.3) is 0 Å². The molecule has 5 nitrogen and oxygen atoms in total. The number of rotatable bonds is 5. The highest BCUT2D eigenvalue weighted by Crippen LogP contribution is 2.34. The van der Waals surface area contributed by atoms with Crippen LogP contribution in [-0.2, 0) is 0 Å². The predicted molar refractivity (Wildman–Crippen MR) is 109 cm³/mol. The number of benzene rings is 1. The van der Waals surface area contributed by atoms with Gasteiger partial charge < -0.3 is 9.84 Å². The van der Waals surface area contributed by atoms with Gasteiger partial charge in [-0.2, -0.15) is 0 Å². The smallest absolute Gasteiger partial charge is 0.161 e. The van der Waals surface area contributed by atoms with Crippen LogP contribution >= 0.6 is 0 Å². The Bertz CT molecular complexity index is 1030. The summed E-state index contributed by atoms with van der Waals surface area (Å²) in [6, 6.07) is 20.8. The Morgan fingerprint density at radius 3 is 1.93 bits per heavy atom. The molecular formula is C23H19N3O2. The monoisotopic (exact) mass is 369 g/mol. The molecule has 0 saturated carbocycles. The molecule has 0 fully saturated rings. The maximum atomic E-state index is 10.0. The van der Waals surface area contributed by atoms with Crippen LogP contribution in [0.2, 0.25) is 0 Å². The van der Waals surface area contributed by atoms with E-state index in [1.165, 1.54) is 0 Å². The lowest BCUT2D eigenvalue weighted by Crippen LogP contribution is -1.95. The minimum atomic E-state index is 0.120. The predicted octanol–water partition coefficient (Wildman–Crippen LogP) is 4.98. The Morgan fingerprint density at radius 2 is 1.39 bits per heavy atom. The van der Waals surface area contributed by atoms with Crippen molar-refractivity contribution in [1.82, 2.24) is 15.0 Å². The third kappa shape index (κ3) is 3.69. The van der Waals surface area contributed by atoms with E-state index < -0.39 is 0 Å². The molecule has 5 heteroatoms. The summed E-state index contributed by atoms with van der Waals surface area (Å²) in [6.45, 7) is 2.36. The lowest BCUT2D eigenvalue weighted by Gasteiger charge is -2.11. The van der Waals surface area contributed by atoms with Gasteiger partial charge in [-0.3, -0.25) is 9.97 Å². The van der Waals surface area contributed by atoms with E-state index in [1.54, 1.807) is 18.5 Å². The summed E-state index contributed by atoms with van der Waals surface area (Å²) in [5.41, 5.74) is 4.93. The average Bonchev–Trinajstić information content (AvgIpc) is 2.76. The maximum absolute atomic E-state index is 10.0. The fourth-order valence-electron chi connectivity index (χ4n) is 2.95. The van der Waals surface area contributed by atoms with Gasteiger partial charge in [0, 0.05) is 12.4 Å². The lowest BCUT2D eigenvalue weighted by molar-refractivity contribution is 0.318. The Kier molecular flexibility index (Phi) is 4.97. The molecule has 138 valence electrons. The Morgan fingerprint density at radius 1 is 0.750 bits per heavy atom. The zero-order chi connectivity index (χ0) is 19.3. The number of hydrogen-bond acceptors (Lipinski definition) is 5. The van der Waals surface area contributed by atoms with E-state index in [0.29, 0.717) is 12.4 Å². The molecular weight excluding hydrogens is 350 g/mol. The van der Waals surface area contributed by atoms with Crippen molar-refractivity contribution < 1.29 is 9.84 Å². The summed E-state index contributed by atoms with van der Waals surface area (Å²) >= 11 is 0. The molecule has 0 radical (unpaired) electrons. The summed E-state index contributed by atoms with van der Waals surface area (Å²) in [4.78, 5) is 13.6. The number of pyridine rings is 3. The van der Waals surface area contributed by atoms with E-state index in [2.05, 4.69) is 9.97 Å². The van der Waals surface area contributed by atoms with E-state index in [-0.39, 0.29) is 5.75 Å². The summed E-state index contributed by atoms with van der Waals surface area (Å²) in [5, 5.41) is 10.0. The van der Waals surface area contributed by atoms with E-state index in [0.717, 1.165) is 33.9 Å². The molecule has 0 saturated heterocycles. The van der Waals surface area contributed by atoms with E-state index in [1.807, 2.05) is 67.6 Å². The van der Waals surface area contributed by atoms with Crippen LogP contribution < -0.4 is 4.74 Å². The molecule has 0 aliphatic carbocycles. The van der Waals surface area contributed by atoms with E-state index in [9.17, 15) is 5.11 Å². The second kappa shape index (κ2) is 7.88. The van der Waals surface area contributed by atoms with Gasteiger partial charge in [0.15, 0.2) is 11.5 Å². The third-order valence-electron chi connectivity index (χ3n) is 4.27. The van der Waals surface area contributed by atoms with Crippen LogP contribution in [0.4, 0.5) is 0 Å². The van der Waals surface area contributed by atoms with Crippen LogP contribution in [0.15, 0.2) is 79.1 Å². The van der Waals surface area contributed by atoms with Crippen molar-refractivity contribution in [2.75, 3.05) is 6.61 Å². The lowest BCUT2D eigenvalue weighted by atomic mass is 10.0. The first kappa shape index (κ1) is 17.7. The largest absolute Gasteiger partial charge is 0.504 e. The molecule has 1 N–H and O–H groups in total. The number of aromatic hydroxyl groups is 1. The number of phenolic OH excluding ortho intramolecular Hbond substituents is 1. The molecule has 0 aliphatic rings. The van der Waals surface area contributed by atoms with Crippen molar-refractivity contribution in [3.05, 3.63) is 79.1 Å². The number of hydrogen-bond donors (Lipinski definition) is 1. The van der Waals surface area contributed by atoms with Crippen LogP contribution in [0.1, 0.15) is 6.92 Å². The summed E-state index contributed by atoms with van der Waals surface area (Å²) < 4.78 is 5.54. The normalized spacial score (nSPS) is 10.6. The summed E-state index contributed by atoms with van der Waals surface area (Å²) in [5.74, 6) is 0.574. The molecule has 0 atom stereocenters. The number of ether oxygens (including phenoxy) is 1. The quantitative estimate of drug-likeness (QED) is 0.537. The maximum Gasteiger partial charge on any atom is 0.161 e. The van der Waals surface area contributed by atoms with Crippen molar-refractivity contribution in [2.24, 2.45) is 0 Å². The second-order valence-electron chi connectivity index (χ2n) is 6.17. The Balaban J connectivity index is 1.88. The first-order valence-corrected chi connectivity index (χ1v) is 9.05. The highest BCUT2D eigenvalue weighted by atomic mass is 16.5. The van der Waals surface area contributed by atoms with E-state index >= 15 is 0 Å². The fourth-order valence-corrected chi connectivity index (χ4v) is 2.95. The van der Waals surface area contributed by atoms with Crippen LogP contribution in [0.3, 0.4) is 0 Å². The van der Waals surface area contributed by atoms with Gasteiger partial charge in [-0.05, 0) is 66.6 Å². The van der Waals surface area contributed by atoms with Crippen molar-refractivity contribution in [1.29, 1.82) is 0 Å². The van der Waals surface area contributed by atoms with Gasteiger partial charge in [-0.15, -0.1) is 0 Å². The third-order valence-corrected chi connectivity index (χ3v) is 4.27. The molecule has 4 rings (SSSR count).